The van der Waals surface area contributed by atoms with Crippen LogP contribution in [0.4, 0.5) is 4.79 Å². The van der Waals surface area contributed by atoms with Gasteiger partial charge in [0.1, 0.15) is 5.60 Å². The van der Waals surface area contributed by atoms with Crippen molar-refractivity contribution in [3.05, 3.63) is 35.9 Å². The molecule has 7 nitrogen and oxygen atoms in total. The Hall–Kier alpha value is -2.28. The molecule has 3 rings (SSSR count). The van der Waals surface area contributed by atoms with Crippen LogP contribution in [0, 0.1) is 5.92 Å². The van der Waals surface area contributed by atoms with E-state index in [9.17, 15) is 4.79 Å². The highest BCUT2D eigenvalue weighted by molar-refractivity contribution is 5.78. The normalized spacial score (nSPS) is 21.2. The van der Waals surface area contributed by atoms with Crippen LogP contribution in [-0.2, 0) is 11.2 Å². The number of rotatable bonds is 5. The van der Waals surface area contributed by atoms with Crippen molar-refractivity contribution in [2.75, 3.05) is 52.4 Å². The number of benzene rings is 1. The van der Waals surface area contributed by atoms with Crippen LogP contribution in [0.1, 0.15) is 32.8 Å². The number of hydrogen-bond acceptors (Lipinski definition) is 4. The summed E-state index contributed by atoms with van der Waals surface area (Å²) in [6, 6.07) is 10.7. The minimum absolute atomic E-state index is 0.251. The Morgan fingerprint density at radius 2 is 1.77 bits per heavy atom. The third-order valence-corrected chi connectivity index (χ3v) is 5.70. The minimum Gasteiger partial charge on any atom is -0.444 e. The molecule has 166 valence electrons. The Bertz CT molecular complexity index is 708. The van der Waals surface area contributed by atoms with Crippen molar-refractivity contribution in [2.45, 2.75) is 39.2 Å². The van der Waals surface area contributed by atoms with E-state index in [-0.39, 0.29) is 6.09 Å². The van der Waals surface area contributed by atoms with Crippen molar-refractivity contribution in [2.24, 2.45) is 16.6 Å². The molecule has 2 heterocycles. The van der Waals surface area contributed by atoms with Crippen molar-refractivity contribution in [3.63, 3.8) is 0 Å². The average Bonchev–Trinajstić information content (AvgIpc) is 3.18. The highest BCUT2D eigenvalue weighted by Gasteiger charge is 2.27. The first-order valence-electron chi connectivity index (χ1n) is 11.1. The molecule has 2 aliphatic heterocycles. The van der Waals surface area contributed by atoms with E-state index in [0.29, 0.717) is 38.1 Å². The molecule has 0 radical (unpaired) electrons. The molecule has 2 fully saturated rings. The van der Waals surface area contributed by atoms with Crippen LogP contribution >= 0.6 is 0 Å². The summed E-state index contributed by atoms with van der Waals surface area (Å²) >= 11 is 0. The minimum atomic E-state index is -0.467. The molecule has 1 unspecified atom stereocenters. The second-order valence-corrected chi connectivity index (χ2v) is 9.34. The molecule has 0 aliphatic carbocycles. The summed E-state index contributed by atoms with van der Waals surface area (Å²) in [4.78, 5) is 23.2. The molecule has 2 saturated heterocycles. The summed E-state index contributed by atoms with van der Waals surface area (Å²) in [5.74, 6) is 1.17. The number of carbonyl (C=O) groups excluding carboxylic acids is 1. The second kappa shape index (κ2) is 10.2. The summed E-state index contributed by atoms with van der Waals surface area (Å²) in [7, 11) is 0. The van der Waals surface area contributed by atoms with Gasteiger partial charge in [0, 0.05) is 45.8 Å². The van der Waals surface area contributed by atoms with Gasteiger partial charge in [-0.2, -0.15) is 0 Å². The average molecular weight is 416 g/mol. The van der Waals surface area contributed by atoms with Crippen LogP contribution in [0.5, 0.6) is 0 Å². The fraction of sp³-hybridized carbons (Fsp3) is 0.652. The van der Waals surface area contributed by atoms with Crippen LogP contribution < -0.4 is 5.73 Å². The first-order valence-corrected chi connectivity index (χ1v) is 11.1. The first kappa shape index (κ1) is 22.4. The quantitative estimate of drug-likeness (QED) is 0.591. The third-order valence-electron chi connectivity index (χ3n) is 5.70. The SMILES string of the molecule is CC(C)(C)OC(=O)N1CCN(C(N)=NCC2CCN(CCc3ccccc3)C2)CC1. The lowest BCUT2D eigenvalue weighted by molar-refractivity contribution is 0.0186. The standard InChI is InChI=1S/C23H37N5O2/c1-23(2,3)30-22(29)28-15-13-27(14-16-28)21(24)25-17-20-10-12-26(18-20)11-9-19-7-5-4-6-8-19/h4-8,20H,9-18H2,1-3H3,(H2,24,25). The molecular formula is C23H37N5O2. The van der Waals surface area contributed by atoms with Gasteiger partial charge in [0.2, 0.25) is 0 Å². The molecule has 2 aliphatic rings. The zero-order valence-electron chi connectivity index (χ0n) is 18.7. The highest BCUT2D eigenvalue weighted by Crippen LogP contribution is 2.17. The van der Waals surface area contributed by atoms with Crippen LogP contribution in [0.15, 0.2) is 35.3 Å². The number of aliphatic imine (C=N–C) groups is 1. The lowest BCUT2D eigenvalue weighted by atomic mass is 10.1. The molecule has 1 atom stereocenters. The summed E-state index contributed by atoms with van der Waals surface area (Å²) < 4.78 is 5.45. The molecule has 0 bridgehead atoms. The maximum atomic E-state index is 12.2. The zero-order valence-corrected chi connectivity index (χ0v) is 18.7. The van der Waals surface area contributed by atoms with Gasteiger partial charge in [-0.1, -0.05) is 30.3 Å². The Morgan fingerprint density at radius 1 is 1.10 bits per heavy atom. The molecule has 1 aromatic rings. The van der Waals surface area contributed by atoms with E-state index >= 15 is 0 Å². The predicted molar refractivity (Wildman–Crippen MR) is 121 cm³/mol. The van der Waals surface area contributed by atoms with Crippen molar-refractivity contribution in [3.8, 4) is 0 Å². The van der Waals surface area contributed by atoms with Crippen molar-refractivity contribution in [1.29, 1.82) is 0 Å². The van der Waals surface area contributed by atoms with E-state index in [1.54, 1.807) is 4.90 Å². The number of hydrogen-bond donors (Lipinski definition) is 1. The van der Waals surface area contributed by atoms with Gasteiger partial charge in [0.05, 0.1) is 0 Å². The Kier molecular flexibility index (Phi) is 7.58. The molecule has 0 spiro atoms. The molecule has 1 aromatic carbocycles. The van der Waals surface area contributed by atoms with Gasteiger partial charge in [-0.15, -0.1) is 0 Å². The fourth-order valence-electron chi connectivity index (χ4n) is 3.96. The van der Waals surface area contributed by atoms with E-state index in [1.165, 1.54) is 12.0 Å². The number of likely N-dealkylation sites (tertiary alicyclic amines) is 1. The fourth-order valence-corrected chi connectivity index (χ4v) is 3.96. The van der Waals surface area contributed by atoms with Gasteiger partial charge in [0.25, 0.3) is 0 Å². The Labute approximate surface area is 180 Å². The summed E-state index contributed by atoms with van der Waals surface area (Å²) in [5, 5.41) is 0. The third kappa shape index (κ3) is 6.90. The largest absolute Gasteiger partial charge is 0.444 e. The Morgan fingerprint density at radius 3 is 2.43 bits per heavy atom. The van der Waals surface area contributed by atoms with Gasteiger partial charge in [0.15, 0.2) is 5.96 Å². The van der Waals surface area contributed by atoms with Crippen molar-refractivity contribution < 1.29 is 9.53 Å². The van der Waals surface area contributed by atoms with Gasteiger partial charge in [-0.05, 0) is 51.6 Å². The van der Waals surface area contributed by atoms with E-state index in [1.807, 2.05) is 20.8 Å². The van der Waals surface area contributed by atoms with Crippen LogP contribution in [0.3, 0.4) is 0 Å². The van der Waals surface area contributed by atoms with Crippen LogP contribution in [0.25, 0.3) is 0 Å². The van der Waals surface area contributed by atoms with Crippen LogP contribution in [-0.4, -0.2) is 84.7 Å². The Balaban J connectivity index is 1.37. The number of amides is 1. The zero-order chi connectivity index (χ0) is 21.6. The number of piperazine rings is 1. The molecular weight excluding hydrogens is 378 g/mol. The van der Waals surface area contributed by atoms with E-state index in [4.69, 9.17) is 10.5 Å². The highest BCUT2D eigenvalue weighted by atomic mass is 16.6. The number of carbonyl (C=O) groups is 1. The summed E-state index contributed by atoms with van der Waals surface area (Å²) in [6.45, 7) is 12.4. The van der Waals surface area contributed by atoms with Gasteiger partial charge >= 0.3 is 6.09 Å². The van der Waals surface area contributed by atoms with E-state index < -0.39 is 5.60 Å². The number of nitrogens with two attached hydrogens (primary N) is 1. The van der Waals surface area contributed by atoms with Crippen molar-refractivity contribution >= 4 is 12.1 Å². The second-order valence-electron chi connectivity index (χ2n) is 9.34. The summed E-state index contributed by atoms with van der Waals surface area (Å²) in [5.41, 5.74) is 7.18. The molecule has 0 aromatic heterocycles. The maximum absolute atomic E-state index is 12.2. The number of ether oxygens (including phenoxy) is 1. The van der Waals surface area contributed by atoms with Gasteiger partial charge in [-0.3, -0.25) is 4.99 Å². The van der Waals surface area contributed by atoms with E-state index in [2.05, 4.69) is 45.1 Å². The lowest BCUT2D eigenvalue weighted by Gasteiger charge is -2.36. The molecule has 2 N–H and O–H groups in total. The molecule has 30 heavy (non-hydrogen) atoms. The topological polar surface area (TPSA) is 74.4 Å². The smallest absolute Gasteiger partial charge is 0.410 e. The maximum Gasteiger partial charge on any atom is 0.410 e. The lowest BCUT2D eigenvalue weighted by Crippen LogP contribution is -2.53. The monoisotopic (exact) mass is 415 g/mol. The van der Waals surface area contributed by atoms with Crippen LogP contribution in [0.2, 0.25) is 0 Å². The van der Waals surface area contributed by atoms with Crippen molar-refractivity contribution in [1.82, 2.24) is 14.7 Å². The number of nitrogens with zero attached hydrogens (tertiary/aromatic N) is 4. The predicted octanol–water partition coefficient (Wildman–Crippen LogP) is 2.42. The first-order chi connectivity index (χ1) is 14.3. The van der Waals surface area contributed by atoms with Gasteiger partial charge in [-0.25, -0.2) is 4.79 Å². The number of guanidine groups is 1. The molecule has 0 saturated carbocycles. The molecule has 7 heteroatoms. The van der Waals surface area contributed by atoms with Gasteiger partial charge < -0.3 is 25.2 Å². The molecule has 1 amide bonds. The van der Waals surface area contributed by atoms with E-state index in [0.717, 1.165) is 32.6 Å². The summed E-state index contributed by atoms with van der Waals surface area (Å²) in [6.07, 6.45) is 2.03.